The number of rotatable bonds is 2. The van der Waals surface area contributed by atoms with Crippen molar-refractivity contribution in [2.24, 2.45) is 5.41 Å². The third-order valence-electron chi connectivity index (χ3n) is 5.55. The summed E-state index contributed by atoms with van der Waals surface area (Å²) in [5.41, 5.74) is -0.0776. The second-order valence-electron chi connectivity index (χ2n) is 7.23. The molecule has 0 saturated carbocycles. The topological polar surface area (TPSA) is 82.6 Å². The van der Waals surface area contributed by atoms with Crippen molar-refractivity contribution in [2.75, 3.05) is 31.1 Å². The first kappa shape index (κ1) is 16.1. The van der Waals surface area contributed by atoms with Crippen LogP contribution in [0, 0.1) is 5.41 Å². The molecule has 25 heavy (non-hydrogen) atoms. The zero-order valence-corrected chi connectivity index (χ0v) is 14.2. The van der Waals surface area contributed by atoms with Crippen molar-refractivity contribution < 1.29 is 14.4 Å². The lowest BCUT2D eigenvalue weighted by molar-refractivity contribution is -0.127. The molecule has 0 radical (unpaired) electrons. The molecule has 3 amide bonds. The van der Waals surface area contributed by atoms with E-state index in [0.717, 1.165) is 25.9 Å². The summed E-state index contributed by atoms with van der Waals surface area (Å²) in [4.78, 5) is 45.1. The van der Waals surface area contributed by atoms with Gasteiger partial charge in [0.1, 0.15) is 5.82 Å². The molecule has 7 heteroatoms. The van der Waals surface area contributed by atoms with Crippen molar-refractivity contribution in [1.29, 1.82) is 0 Å². The van der Waals surface area contributed by atoms with Gasteiger partial charge in [-0.3, -0.25) is 19.7 Å². The predicted molar refractivity (Wildman–Crippen MR) is 91.0 cm³/mol. The van der Waals surface area contributed by atoms with Crippen LogP contribution in [0.2, 0.25) is 0 Å². The molecule has 132 valence electrons. The van der Waals surface area contributed by atoms with Gasteiger partial charge in [0.2, 0.25) is 11.8 Å². The van der Waals surface area contributed by atoms with Gasteiger partial charge in [0, 0.05) is 38.8 Å². The van der Waals surface area contributed by atoms with Crippen LogP contribution in [0.15, 0.2) is 18.3 Å². The van der Waals surface area contributed by atoms with Crippen LogP contribution < -0.4 is 10.2 Å². The molecule has 1 aromatic rings. The number of carbonyl (C=O) groups is 3. The smallest absolute Gasteiger partial charge is 0.257 e. The summed E-state index contributed by atoms with van der Waals surface area (Å²) in [6.07, 6.45) is 5.75. The van der Waals surface area contributed by atoms with Crippen LogP contribution in [0.5, 0.6) is 0 Å². The van der Waals surface area contributed by atoms with E-state index in [2.05, 4.69) is 10.3 Å². The zero-order chi connectivity index (χ0) is 17.4. The molecular formula is C18H22N4O3. The van der Waals surface area contributed by atoms with Gasteiger partial charge < -0.3 is 9.80 Å². The van der Waals surface area contributed by atoms with E-state index in [0.29, 0.717) is 30.9 Å². The van der Waals surface area contributed by atoms with Crippen molar-refractivity contribution >= 4 is 23.5 Å². The summed E-state index contributed by atoms with van der Waals surface area (Å²) in [5.74, 6) is 0.232. The fourth-order valence-electron chi connectivity index (χ4n) is 4.16. The van der Waals surface area contributed by atoms with E-state index < -0.39 is 5.41 Å². The van der Waals surface area contributed by atoms with Crippen molar-refractivity contribution in [1.82, 2.24) is 15.2 Å². The number of carbonyl (C=O) groups excluding carboxylic acids is 3. The minimum Gasteiger partial charge on any atom is -0.355 e. The van der Waals surface area contributed by atoms with Crippen molar-refractivity contribution in [3.63, 3.8) is 0 Å². The van der Waals surface area contributed by atoms with Crippen molar-refractivity contribution in [3.8, 4) is 0 Å². The van der Waals surface area contributed by atoms with Crippen LogP contribution in [0.4, 0.5) is 5.82 Å². The molecule has 4 heterocycles. The number of aromatic nitrogens is 1. The van der Waals surface area contributed by atoms with Crippen molar-refractivity contribution in [3.05, 3.63) is 23.9 Å². The average molecular weight is 342 g/mol. The van der Waals surface area contributed by atoms with E-state index >= 15 is 0 Å². The Morgan fingerprint density at radius 3 is 2.68 bits per heavy atom. The molecule has 1 N–H and O–H groups in total. The summed E-state index contributed by atoms with van der Waals surface area (Å²) < 4.78 is 0. The van der Waals surface area contributed by atoms with Crippen LogP contribution in [-0.4, -0.2) is 53.8 Å². The largest absolute Gasteiger partial charge is 0.355 e. The minimum absolute atomic E-state index is 0.00991. The molecule has 1 spiro atoms. The fourth-order valence-corrected chi connectivity index (χ4v) is 4.16. The SMILES string of the molecule is O=C1C[C@]2(CCN(c3ncccc3C(=O)N3CCCCC3)C2)C(=O)N1. The number of likely N-dealkylation sites (tertiary alicyclic amines) is 1. The number of imide groups is 1. The summed E-state index contributed by atoms with van der Waals surface area (Å²) in [6, 6.07) is 3.59. The molecule has 0 aliphatic carbocycles. The van der Waals surface area contributed by atoms with Crippen LogP contribution in [0.1, 0.15) is 42.5 Å². The molecule has 3 fully saturated rings. The van der Waals surface area contributed by atoms with E-state index in [4.69, 9.17) is 0 Å². The van der Waals surface area contributed by atoms with E-state index in [-0.39, 0.29) is 24.1 Å². The summed E-state index contributed by atoms with van der Waals surface area (Å²) in [5, 5.41) is 2.41. The fraction of sp³-hybridized carbons (Fsp3) is 0.556. The maximum absolute atomic E-state index is 12.9. The Balaban J connectivity index is 1.58. The lowest BCUT2D eigenvalue weighted by Crippen LogP contribution is -2.38. The first-order valence-electron chi connectivity index (χ1n) is 8.93. The van der Waals surface area contributed by atoms with Gasteiger partial charge in [0.15, 0.2) is 0 Å². The second-order valence-corrected chi connectivity index (χ2v) is 7.23. The first-order chi connectivity index (χ1) is 12.1. The molecule has 3 aliphatic rings. The first-order valence-corrected chi connectivity index (χ1v) is 8.93. The summed E-state index contributed by atoms with van der Waals surface area (Å²) >= 11 is 0. The average Bonchev–Trinajstić information content (AvgIpc) is 3.18. The van der Waals surface area contributed by atoms with Gasteiger partial charge in [-0.15, -0.1) is 0 Å². The van der Waals surface area contributed by atoms with E-state index in [9.17, 15) is 14.4 Å². The van der Waals surface area contributed by atoms with Gasteiger partial charge in [0.25, 0.3) is 5.91 Å². The normalized spacial score (nSPS) is 26.4. The van der Waals surface area contributed by atoms with Gasteiger partial charge in [-0.2, -0.15) is 0 Å². The Hall–Kier alpha value is -2.44. The lowest BCUT2D eigenvalue weighted by atomic mass is 9.85. The highest BCUT2D eigenvalue weighted by Crippen LogP contribution is 2.39. The highest BCUT2D eigenvalue weighted by molar-refractivity contribution is 6.06. The molecule has 4 rings (SSSR count). The highest BCUT2D eigenvalue weighted by atomic mass is 16.2. The number of hydrogen-bond donors (Lipinski definition) is 1. The van der Waals surface area contributed by atoms with Gasteiger partial charge in [-0.1, -0.05) is 0 Å². The molecule has 0 unspecified atom stereocenters. The molecule has 3 saturated heterocycles. The minimum atomic E-state index is -0.667. The molecule has 7 nitrogen and oxygen atoms in total. The number of hydrogen-bond acceptors (Lipinski definition) is 5. The van der Waals surface area contributed by atoms with Crippen molar-refractivity contribution in [2.45, 2.75) is 32.1 Å². The maximum Gasteiger partial charge on any atom is 0.257 e. The van der Waals surface area contributed by atoms with Crippen LogP contribution in [0.3, 0.4) is 0 Å². The Labute approximate surface area is 146 Å². The van der Waals surface area contributed by atoms with E-state index in [1.807, 2.05) is 15.9 Å². The molecule has 0 bridgehead atoms. The molecular weight excluding hydrogens is 320 g/mol. The standard InChI is InChI=1S/C18H22N4O3/c23-14-11-18(17(25)20-14)6-10-22(12-18)15-13(5-4-7-19-15)16(24)21-8-2-1-3-9-21/h4-5,7H,1-3,6,8-12H2,(H,20,23,25)/t18-/m0/s1. The number of amides is 3. The lowest BCUT2D eigenvalue weighted by Gasteiger charge is -2.29. The van der Waals surface area contributed by atoms with Gasteiger partial charge in [-0.05, 0) is 37.8 Å². The van der Waals surface area contributed by atoms with Crippen LogP contribution in [0.25, 0.3) is 0 Å². The number of piperidine rings is 1. The van der Waals surface area contributed by atoms with Gasteiger partial charge in [0.05, 0.1) is 11.0 Å². The van der Waals surface area contributed by atoms with Crippen LogP contribution >= 0.6 is 0 Å². The number of pyridine rings is 1. The Morgan fingerprint density at radius 1 is 1.16 bits per heavy atom. The van der Waals surface area contributed by atoms with Gasteiger partial charge >= 0.3 is 0 Å². The number of nitrogens with zero attached hydrogens (tertiary/aromatic N) is 3. The summed E-state index contributed by atoms with van der Waals surface area (Å²) in [7, 11) is 0. The predicted octanol–water partition coefficient (Wildman–Crippen LogP) is 0.951. The number of anilines is 1. The second kappa shape index (κ2) is 6.13. The number of nitrogens with one attached hydrogen (secondary N) is 1. The van der Waals surface area contributed by atoms with Gasteiger partial charge in [-0.25, -0.2) is 4.98 Å². The summed E-state index contributed by atoms with van der Waals surface area (Å²) in [6.45, 7) is 2.63. The zero-order valence-electron chi connectivity index (χ0n) is 14.2. The Bertz CT molecular complexity index is 729. The van der Waals surface area contributed by atoms with E-state index in [1.54, 1.807) is 12.3 Å². The molecule has 3 aliphatic heterocycles. The molecule has 1 aromatic heterocycles. The Morgan fingerprint density at radius 2 is 1.96 bits per heavy atom. The molecule has 0 aromatic carbocycles. The third-order valence-corrected chi connectivity index (χ3v) is 5.55. The van der Waals surface area contributed by atoms with E-state index in [1.165, 1.54) is 6.42 Å². The Kier molecular flexibility index (Phi) is 3.94. The highest BCUT2D eigenvalue weighted by Gasteiger charge is 2.51. The monoisotopic (exact) mass is 342 g/mol. The quantitative estimate of drug-likeness (QED) is 0.809. The van der Waals surface area contributed by atoms with Crippen LogP contribution in [-0.2, 0) is 9.59 Å². The third kappa shape index (κ3) is 2.77. The molecule has 1 atom stereocenters. The maximum atomic E-state index is 12.9.